The number of carbonyl (C=O) groups excluding carboxylic acids is 2. The van der Waals surface area contributed by atoms with Gasteiger partial charge in [0.05, 0.1) is 17.4 Å². The lowest BCUT2D eigenvalue weighted by Crippen LogP contribution is -2.40. The van der Waals surface area contributed by atoms with E-state index in [9.17, 15) is 9.59 Å². The first-order valence-electron chi connectivity index (χ1n) is 12.9. The normalized spacial score (nSPS) is 26.5. The Labute approximate surface area is 200 Å². The number of rotatable bonds is 9. The Balaban J connectivity index is 0.000000333. The van der Waals surface area contributed by atoms with Crippen molar-refractivity contribution in [2.75, 3.05) is 6.61 Å². The predicted molar refractivity (Wildman–Crippen MR) is 137 cm³/mol. The van der Waals surface area contributed by atoms with Crippen molar-refractivity contribution in [3.63, 3.8) is 0 Å². The molecule has 0 saturated heterocycles. The van der Waals surface area contributed by atoms with Gasteiger partial charge in [-0.2, -0.15) is 0 Å². The molecule has 0 spiro atoms. The van der Waals surface area contributed by atoms with E-state index in [0.29, 0.717) is 12.0 Å². The lowest BCUT2D eigenvalue weighted by atomic mass is 9.70. The second-order valence-corrected chi connectivity index (χ2v) is 16.0. The number of esters is 2. The van der Waals surface area contributed by atoms with Crippen LogP contribution >= 0.6 is 0 Å². The second kappa shape index (κ2) is 11.1. The van der Waals surface area contributed by atoms with E-state index < -0.39 is 8.80 Å². The molecule has 0 aromatic rings. The van der Waals surface area contributed by atoms with Gasteiger partial charge in [-0.3, -0.25) is 9.59 Å². The average Bonchev–Trinajstić information content (AvgIpc) is 3.04. The topological polar surface area (TPSA) is 52.6 Å². The van der Waals surface area contributed by atoms with Crippen LogP contribution in [-0.2, 0) is 19.1 Å². The van der Waals surface area contributed by atoms with Crippen molar-refractivity contribution in [2.24, 2.45) is 27.6 Å². The molecular formula is C27H52O4Si. The van der Waals surface area contributed by atoms with Crippen LogP contribution in [0.15, 0.2) is 0 Å². The highest BCUT2D eigenvalue weighted by Gasteiger charge is 2.63. The molecule has 0 N–H and O–H groups in total. The van der Waals surface area contributed by atoms with E-state index in [1.54, 1.807) is 0 Å². The molecule has 3 unspecified atom stereocenters. The van der Waals surface area contributed by atoms with Gasteiger partial charge in [-0.1, -0.05) is 53.8 Å². The van der Waals surface area contributed by atoms with Gasteiger partial charge in [0, 0.05) is 14.2 Å². The number of carbonyl (C=O) groups is 2. The van der Waals surface area contributed by atoms with Crippen molar-refractivity contribution in [3.05, 3.63) is 0 Å². The Bertz CT molecular complexity index is 638. The van der Waals surface area contributed by atoms with Gasteiger partial charge in [0.2, 0.25) is 0 Å². The summed E-state index contributed by atoms with van der Waals surface area (Å²) in [5.74, 6) is 0.662. The van der Waals surface area contributed by atoms with Crippen molar-refractivity contribution < 1.29 is 19.1 Å². The van der Waals surface area contributed by atoms with Crippen LogP contribution in [0.25, 0.3) is 0 Å². The molecule has 2 rings (SSSR count). The Kier molecular flexibility index (Phi) is 10.1. The molecule has 3 atom stereocenters. The minimum absolute atomic E-state index is 0.0143. The molecule has 2 fully saturated rings. The summed E-state index contributed by atoms with van der Waals surface area (Å²) in [5, 5.41) is 0. The maximum Gasteiger partial charge on any atom is 0.311 e. The summed E-state index contributed by atoms with van der Waals surface area (Å²) in [7, 11) is -0.474. The minimum atomic E-state index is -0.474. The third-order valence-corrected chi connectivity index (χ3v) is 10.6. The van der Waals surface area contributed by atoms with Gasteiger partial charge in [-0.25, -0.2) is 0 Å². The molecule has 0 aromatic carbocycles. The van der Waals surface area contributed by atoms with E-state index in [0.717, 1.165) is 31.6 Å². The molecule has 0 aliphatic heterocycles. The predicted octanol–water partition coefficient (Wildman–Crippen LogP) is 7.02. The zero-order valence-corrected chi connectivity index (χ0v) is 24.2. The van der Waals surface area contributed by atoms with Crippen LogP contribution in [-0.4, -0.2) is 33.4 Å². The highest BCUT2D eigenvalue weighted by Crippen LogP contribution is 2.66. The van der Waals surface area contributed by atoms with Gasteiger partial charge in [0.15, 0.2) is 0 Å². The van der Waals surface area contributed by atoms with E-state index in [1.807, 2.05) is 41.5 Å². The summed E-state index contributed by atoms with van der Waals surface area (Å²) < 4.78 is 11.1. The summed E-state index contributed by atoms with van der Waals surface area (Å²) >= 11 is 0. The van der Waals surface area contributed by atoms with E-state index in [4.69, 9.17) is 9.47 Å². The second-order valence-electron chi connectivity index (χ2n) is 12.7. The molecule has 188 valence electrons. The summed E-state index contributed by atoms with van der Waals surface area (Å²) in [6.45, 7) is 24.2. The van der Waals surface area contributed by atoms with Crippen LogP contribution in [0.3, 0.4) is 0 Å². The molecule has 32 heavy (non-hydrogen) atoms. The van der Waals surface area contributed by atoms with E-state index in [2.05, 4.69) is 33.9 Å². The first-order valence-corrected chi connectivity index (χ1v) is 16.1. The molecular weight excluding hydrogens is 416 g/mol. The highest BCUT2D eigenvalue weighted by atomic mass is 28.3. The number of ether oxygens (including phenoxy) is 2. The molecule has 2 aliphatic carbocycles. The van der Waals surface area contributed by atoms with E-state index in [-0.39, 0.29) is 34.3 Å². The molecule has 2 aliphatic rings. The maximum atomic E-state index is 12.3. The van der Waals surface area contributed by atoms with Crippen LogP contribution in [0.2, 0.25) is 19.1 Å². The van der Waals surface area contributed by atoms with Gasteiger partial charge in [-0.05, 0) is 77.6 Å². The third-order valence-electron chi connectivity index (χ3n) is 9.00. The summed E-state index contributed by atoms with van der Waals surface area (Å²) in [5.41, 5.74) is -0.164. The number of fused-ring (bicyclic) bond motifs is 2. The van der Waals surface area contributed by atoms with Gasteiger partial charge < -0.3 is 9.47 Å². The Morgan fingerprint density at radius 1 is 0.969 bits per heavy atom. The van der Waals surface area contributed by atoms with Gasteiger partial charge in [0.1, 0.15) is 6.10 Å². The summed E-state index contributed by atoms with van der Waals surface area (Å²) in [4.78, 5) is 23.8. The van der Waals surface area contributed by atoms with Gasteiger partial charge in [0.25, 0.3) is 0 Å². The maximum absolute atomic E-state index is 12.3. The van der Waals surface area contributed by atoms with Crippen LogP contribution < -0.4 is 0 Å². The zero-order valence-electron chi connectivity index (χ0n) is 23.0. The van der Waals surface area contributed by atoms with Crippen LogP contribution in [0.1, 0.15) is 101 Å². The molecule has 5 heteroatoms. The number of hydrogen-bond donors (Lipinski definition) is 0. The first-order chi connectivity index (χ1) is 14.5. The summed E-state index contributed by atoms with van der Waals surface area (Å²) in [6.07, 6.45) is 6.41. The fourth-order valence-corrected chi connectivity index (χ4v) is 5.72. The monoisotopic (exact) mass is 468 g/mol. The molecule has 0 amide bonds. The molecule has 0 radical (unpaired) electrons. The van der Waals surface area contributed by atoms with E-state index in [1.165, 1.54) is 18.9 Å². The number of hydrogen-bond acceptors (Lipinski definition) is 4. The molecule has 0 aromatic heterocycles. The fourth-order valence-electron chi connectivity index (χ4n) is 4.74. The Morgan fingerprint density at radius 2 is 1.50 bits per heavy atom. The molecule has 4 nitrogen and oxygen atoms in total. The van der Waals surface area contributed by atoms with Crippen LogP contribution in [0.4, 0.5) is 0 Å². The molecule has 0 heterocycles. The Morgan fingerprint density at radius 3 is 1.91 bits per heavy atom. The third kappa shape index (κ3) is 6.61. The Hall–Kier alpha value is -0.843. The molecule has 2 bridgehead atoms. The zero-order chi connectivity index (χ0) is 25.0. The van der Waals surface area contributed by atoms with Crippen LogP contribution in [0.5, 0.6) is 0 Å². The largest absolute Gasteiger partial charge is 0.465 e. The summed E-state index contributed by atoms with van der Waals surface area (Å²) in [6, 6.07) is 1.26. The van der Waals surface area contributed by atoms with E-state index >= 15 is 0 Å². The van der Waals surface area contributed by atoms with Crippen LogP contribution in [0, 0.1) is 27.6 Å². The molecule has 2 saturated carbocycles. The standard InChI is InChI=1S/C16H28O2.C11H24O2Si/c1-7-14(2,3)13(17)18-12-10-11-8-9-16(12,6)15(11,4)5;1-6-11(2,3)10(12)13-8-7-9-14(4)5/h11-12H,7-10H2,1-6H3;14H,6-9H2,1-5H3. The fraction of sp³-hybridized carbons (Fsp3) is 0.926. The highest BCUT2D eigenvalue weighted by molar-refractivity contribution is 6.55. The minimum Gasteiger partial charge on any atom is -0.465 e. The smallest absolute Gasteiger partial charge is 0.311 e. The van der Waals surface area contributed by atoms with Crippen molar-refractivity contribution in [2.45, 2.75) is 126 Å². The average molecular weight is 469 g/mol. The first kappa shape index (κ1) is 29.2. The van der Waals surface area contributed by atoms with Crippen molar-refractivity contribution >= 4 is 20.7 Å². The van der Waals surface area contributed by atoms with Gasteiger partial charge >= 0.3 is 11.9 Å². The SMILES string of the molecule is CCC(C)(C)C(=O)OC1CC2CCC1(C)C2(C)C.CCC(C)(C)C(=O)OCCC[SiH](C)C. The lowest BCUT2D eigenvalue weighted by Gasteiger charge is -2.39. The van der Waals surface area contributed by atoms with Crippen molar-refractivity contribution in [3.8, 4) is 0 Å². The van der Waals surface area contributed by atoms with Gasteiger partial charge in [-0.15, -0.1) is 0 Å². The van der Waals surface area contributed by atoms with Crippen molar-refractivity contribution in [1.82, 2.24) is 0 Å². The van der Waals surface area contributed by atoms with Crippen molar-refractivity contribution in [1.29, 1.82) is 0 Å². The quantitative estimate of drug-likeness (QED) is 0.207. The lowest BCUT2D eigenvalue weighted by molar-refractivity contribution is -0.167.